The second-order valence-electron chi connectivity index (χ2n) is 4.04. The van der Waals surface area contributed by atoms with E-state index in [2.05, 4.69) is 4.98 Å². The number of pyridine rings is 1. The second-order valence-corrected chi connectivity index (χ2v) is 4.83. The van der Waals surface area contributed by atoms with Crippen molar-refractivity contribution in [3.8, 4) is 16.9 Å². The molecule has 0 atom stereocenters. The van der Waals surface area contributed by atoms with Gasteiger partial charge in [-0.3, -0.25) is 9.78 Å². The van der Waals surface area contributed by atoms with Gasteiger partial charge in [0, 0.05) is 11.8 Å². The van der Waals surface area contributed by atoms with Crippen LogP contribution in [0.3, 0.4) is 0 Å². The number of hydrogen-bond acceptors (Lipinski definition) is 3. The summed E-state index contributed by atoms with van der Waals surface area (Å²) in [6.45, 7) is 0. The number of hydrogen-bond donors (Lipinski definition) is 1. The summed E-state index contributed by atoms with van der Waals surface area (Å²) in [6, 6.07) is 6.74. The Bertz CT molecular complexity index is 659. The molecule has 1 aromatic heterocycles. The lowest BCUT2D eigenvalue weighted by atomic mass is 10.0. The standard InChI is InChI=1S/C14H11Cl2NO3/c1-20-11-3-2-10(15)14(16)13(11)8-4-5-17-9(6-8)7-12(18)19/h2-6H,7H2,1H3,(H,18,19). The van der Waals surface area contributed by atoms with E-state index in [1.165, 1.54) is 13.3 Å². The molecule has 1 N–H and O–H groups in total. The van der Waals surface area contributed by atoms with Gasteiger partial charge in [0.1, 0.15) is 5.75 Å². The Labute approximate surface area is 125 Å². The number of methoxy groups -OCH3 is 1. The van der Waals surface area contributed by atoms with Crippen LogP contribution in [-0.4, -0.2) is 23.2 Å². The molecule has 1 heterocycles. The number of ether oxygens (including phenoxy) is 1. The van der Waals surface area contributed by atoms with Crippen LogP contribution in [0.5, 0.6) is 5.75 Å². The van der Waals surface area contributed by atoms with Gasteiger partial charge in [0.2, 0.25) is 0 Å². The maximum Gasteiger partial charge on any atom is 0.309 e. The Morgan fingerprint density at radius 2 is 2.10 bits per heavy atom. The van der Waals surface area contributed by atoms with Crippen LogP contribution in [0.15, 0.2) is 30.5 Å². The van der Waals surface area contributed by atoms with Crippen LogP contribution in [0.2, 0.25) is 10.0 Å². The predicted octanol–water partition coefficient (Wildman–Crippen LogP) is 3.69. The van der Waals surface area contributed by atoms with Gasteiger partial charge in [-0.2, -0.15) is 0 Å². The maximum atomic E-state index is 10.7. The number of rotatable bonds is 4. The number of halogens is 2. The fourth-order valence-electron chi connectivity index (χ4n) is 1.86. The summed E-state index contributed by atoms with van der Waals surface area (Å²) in [5.74, 6) is -0.384. The Kier molecular flexibility index (Phi) is 4.47. The van der Waals surface area contributed by atoms with Crippen LogP contribution < -0.4 is 4.74 Å². The van der Waals surface area contributed by atoms with E-state index in [1.807, 2.05) is 0 Å². The van der Waals surface area contributed by atoms with Crippen molar-refractivity contribution in [2.24, 2.45) is 0 Å². The van der Waals surface area contributed by atoms with Gasteiger partial charge in [0.25, 0.3) is 0 Å². The van der Waals surface area contributed by atoms with Crippen LogP contribution >= 0.6 is 23.2 Å². The third kappa shape index (κ3) is 3.03. The Hall–Kier alpha value is -1.78. The van der Waals surface area contributed by atoms with E-state index >= 15 is 0 Å². The molecule has 0 unspecified atom stereocenters. The lowest BCUT2D eigenvalue weighted by Crippen LogP contribution is -2.02. The van der Waals surface area contributed by atoms with Crippen LogP contribution in [0.1, 0.15) is 5.69 Å². The van der Waals surface area contributed by atoms with Crippen molar-refractivity contribution in [2.45, 2.75) is 6.42 Å². The molecule has 0 bridgehead atoms. The lowest BCUT2D eigenvalue weighted by Gasteiger charge is -2.12. The minimum atomic E-state index is -0.946. The average Bonchev–Trinajstić information content (AvgIpc) is 2.41. The first-order chi connectivity index (χ1) is 9.52. The van der Waals surface area contributed by atoms with Crippen molar-refractivity contribution in [3.05, 3.63) is 46.2 Å². The molecule has 20 heavy (non-hydrogen) atoms. The van der Waals surface area contributed by atoms with Gasteiger partial charge in [-0.25, -0.2) is 0 Å². The average molecular weight is 312 g/mol. The first-order valence-electron chi connectivity index (χ1n) is 5.72. The minimum Gasteiger partial charge on any atom is -0.496 e. The Morgan fingerprint density at radius 1 is 1.35 bits per heavy atom. The van der Waals surface area contributed by atoms with E-state index in [0.29, 0.717) is 32.6 Å². The summed E-state index contributed by atoms with van der Waals surface area (Å²) in [4.78, 5) is 14.8. The highest BCUT2D eigenvalue weighted by molar-refractivity contribution is 6.44. The smallest absolute Gasteiger partial charge is 0.309 e. The lowest BCUT2D eigenvalue weighted by molar-refractivity contribution is -0.136. The third-order valence-corrected chi connectivity index (χ3v) is 3.52. The van der Waals surface area contributed by atoms with E-state index in [1.54, 1.807) is 24.3 Å². The molecule has 6 heteroatoms. The molecule has 1 aromatic carbocycles. The van der Waals surface area contributed by atoms with E-state index in [-0.39, 0.29) is 6.42 Å². The number of aliphatic carboxylic acids is 1. The Morgan fingerprint density at radius 3 is 2.75 bits per heavy atom. The second kappa shape index (κ2) is 6.11. The van der Waals surface area contributed by atoms with Crippen molar-refractivity contribution in [1.82, 2.24) is 4.98 Å². The molecule has 104 valence electrons. The predicted molar refractivity (Wildman–Crippen MR) is 77.6 cm³/mol. The molecule has 0 radical (unpaired) electrons. The van der Waals surface area contributed by atoms with Gasteiger partial charge in [-0.15, -0.1) is 0 Å². The van der Waals surface area contributed by atoms with Crippen molar-refractivity contribution in [3.63, 3.8) is 0 Å². The summed E-state index contributed by atoms with van der Waals surface area (Å²) >= 11 is 12.2. The van der Waals surface area contributed by atoms with Crippen LogP contribution in [0.4, 0.5) is 0 Å². The first-order valence-corrected chi connectivity index (χ1v) is 6.47. The largest absolute Gasteiger partial charge is 0.496 e. The third-order valence-electron chi connectivity index (χ3n) is 2.71. The van der Waals surface area contributed by atoms with E-state index in [9.17, 15) is 4.79 Å². The molecule has 0 aliphatic carbocycles. The van der Waals surface area contributed by atoms with Gasteiger partial charge in [-0.1, -0.05) is 23.2 Å². The summed E-state index contributed by atoms with van der Waals surface area (Å²) in [6.07, 6.45) is 1.37. The molecule has 0 aliphatic rings. The van der Waals surface area contributed by atoms with Crippen molar-refractivity contribution >= 4 is 29.2 Å². The molecule has 0 fully saturated rings. The van der Waals surface area contributed by atoms with Crippen molar-refractivity contribution in [1.29, 1.82) is 0 Å². The number of nitrogens with zero attached hydrogens (tertiary/aromatic N) is 1. The van der Waals surface area contributed by atoms with Gasteiger partial charge in [0.15, 0.2) is 0 Å². The monoisotopic (exact) mass is 311 g/mol. The molecule has 2 aromatic rings. The molecule has 0 aliphatic heterocycles. The molecule has 4 nitrogen and oxygen atoms in total. The molecular formula is C14H11Cl2NO3. The Balaban J connectivity index is 2.56. The topological polar surface area (TPSA) is 59.4 Å². The van der Waals surface area contributed by atoms with Gasteiger partial charge < -0.3 is 9.84 Å². The fraction of sp³-hybridized carbons (Fsp3) is 0.143. The zero-order valence-electron chi connectivity index (χ0n) is 10.6. The van der Waals surface area contributed by atoms with E-state index in [4.69, 9.17) is 33.0 Å². The van der Waals surface area contributed by atoms with Crippen LogP contribution in [0, 0.1) is 0 Å². The summed E-state index contributed by atoms with van der Waals surface area (Å²) in [7, 11) is 1.53. The molecule has 2 rings (SSSR count). The van der Waals surface area contributed by atoms with Crippen molar-refractivity contribution in [2.75, 3.05) is 7.11 Å². The fourth-order valence-corrected chi connectivity index (χ4v) is 2.28. The molecule has 0 saturated heterocycles. The van der Waals surface area contributed by atoms with Crippen LogP contribution in [-0.2, 0) is 11.2 Å². The van der Waals surface area contributed by atoms with Gasteiger partial charge >= 0.3 is 5.97 Å². The summed E-state index contributed by atoms with van der Waals surface area (Å²) in [5.41, 5.74) is 1.77. The maximum absolute atomic E-state index is 10.7. The molecule has 0 amide bonds. The SMILES string of the molecule is COc1ccc(Cl)c(Cl)c1-c1ccnc(CC(=O)O)c1. The summed E-state index contributed by atoms with van der Waals surface area (Å²) in [5, 5.41) is 9.58. The number of carboxylic acid groups (broad SMARTS) is 1. The highest BCUT2D eigenvalue weighted by atomic mass is 35.5. The van der Waals surface area contributed by atoms with Gasteiger partial charge in [-0.05, 0) is 29.8 Å². The molecule has 0 saturated carbocycles. The summed E-state index contributed by atoms with van der Waals surface area (Å²) < 4.78 is 5.28. The van der Waals surface area contributed by atoms with Crippen LogP contribution in [0.25, 0.3) is 11.1 Å². The van der Waals surface area contributed by atoms with E-state index in [0.717, 1.165) is 0 Å². The number of benzene rings is 1. The minimum absolute atomic E-state index is 0.158. The van der Waals surface area contributed by atoms with Gasteiger partial charge in [0.05, 0.1) is 29.3 Å². The molecular weight excluding hydrogens is 301 g/mol. The normalized spacial score (nSPS) is 10.3. The number of carbonyl (C=O) groups is 1. The number of aromatic nitrogens is 1. The highest BCUT2D eigenvalue weighted by Gasteiger charge is 2.14. The quantitative estimate of drug-likeness (QED) is 0.935. The zero-order valence-corrected chi connectivity index (χ0v) is 12.1. The number of carboxylic acids is 1. The van der Waals surface area contributed by atoms with Crippen molar-refractivity contribution < 1.29 is 14.6 Å². The highest BCUT2D eigenvalue weighted by Crippen LogP contribution is 2.40. The zero-order chi connectivity index (χ0) is 14.7. The van der Waals surface area contributed by atoms with E-state index < -0.39 is 5.97 Å². The first kappa shape index (κ1) is 14.6. The molecule has 0 spiro atoms.